The van der Waals surface area contributed by atoms with Crippen LogP contribution in [0.5, 0.6) is 0 Å². The van der Waals surface area contributed by atoms with E-state index in [4.69, 9.17) is 11.6 Å². The minimum atomic E-state index is -4.61. The van der Waals surface area contributed by atoms with E-state index in [9.17, 15) is 26.4 Å². The summed E-state index contributed by atoms with van der Waals surface area (Å²) in [6.45, 7) is 0.732. The van der Waals surface area contributed by atoms with Crippen LogP contribution in [0.4, 0.5) is 18.9 Å². The molecule has 11 heteroatoms. The number of benzene rings is 2. The molecule has 30 heavy (non-hydrogen) atoms. The van der Waals surface area contributed by atoms with Gasteiger partial charge in [-0.15, -0.1) is 0 Å². The summed E-state index contributed by atoms with van der Waals surface area (Å²) in [5.74, 6) is -0.807. The molecule has 0 aliphatic carbocycles. The smallest absolute Gasteiger partial charge is 0.298 e. The Balaban J connectivity index is 1.81. The number of halogens is 4. The van der Waals surface area contributed by atoms with Gasteiger partial charge in [-0.1, -0.05) is 30.2 Å². The summed E-state index contributed by atoms with van der Waals surface area (Å²) in [4.78, 5) is 12.2. The summed E-state index contributed by atoms with van der Waals surface area (Å²) in [5.41, 5.74) is 3.06. The fourth-order valence-corrected chi connectivity index (χ4v) is 5.14. The maximum atomic E-state index is 13.1. The van der Waals surface area contributed by atoms with Gasteiger partial charge in [-0.2, -0.15) is 17.5 Å². The van der Waals surface area contributed by atoms with Gasteiger partial charge in [0, 0.05) is 18.7 Å². The summed E-state index contributed by atoms with van der Waals surface area (Å²) in [6, 6.07) is 8.35. The first kappa shape index (κ1) is 22.4. The zero-order chi connectivity index (χ0) is 21.9. The van der Waals surface area contributed by atoms with E-state index >= 15 is 0 Å². The Morgan fingerprint density at radius 1 is 1.03 bits per heavy atom. The summed E-state index contributed by atoms with van der Waals surface area (Å²) in [5, 5.41) is -0.0347. The Morgan fingerprint density at radius 2 is 1.70 bits per heavy atom. The van der Waals surface area contributed by atoms with E-state index in [1.165, 1.54) is 28.6 Å². The number of alkyl halides is 3. The normalized spacial score (nSPS) is 15.6. The van der Waals surface area contributed by atoms with Gasteiger partial charge in [-0.05, 0) is 43.2 Å². The minimum Gasteiger partial charge on any atom is -0.298 e. The molecule has 2 N–H and O–H groups in total. The molecule has 1 aliphatic rings. The third-order valence-electron chi connectivity index (χ3n) is 4.67. The average molecular weight is 462 g/mol. The summed E-state index contributed by atoms with van der Waals surface area (Å²) in [6.07, 6.45) is -2.20. The maximum Gasteiger partial charge on any atom is 0.418 e. The zero-order valence-corrected chi connectivity index (χ0v) is 17.2. The van der Waals surface area contributed by atoms with E-state index in [2.05, 4.69) is 10.9 Å². The predicted molar refractivity (Wildman–Crippen MR) is 107 cm³/mol. The lowest BCUT2D eigenvalue weighted by Gasteiger charge is -2.26. The summed E-state index contributed by atoms with van der Waals surface area (Å²) in [7, 11) is -3.89. The van der Waals surface area contributed by atoms with Crippen molar-refractivity contribution in [3.63, 3.8) is 0 Å². The molecule has 1 amide bonds. The van der Waals surface area contributed by atoms with Crippen molar-refractivity contribution in [2.75, 3.05) is 18.5 Å². The number of nitrogens with one attached hydrogen (secondary N) is 2. The van der Waals surface area contributed by atoms with Crippen molar-refractivity contribution in [1.29, 1.82) is 0 Å². The topological polar surface area (TPSA) is 78.5 Å². The van der Waals surface area contributed by atoms with E-state index in [1.807, 2.05) is 0 Å². The molecule has 0 radical (unpaired) electrons. The van der Waals surface area contributed by atoms with Gasteiger partial charge in [0.2, 0.25) is 10.0 Å². The van der Waals surface area contributed by atoms with E-state index in [0.29, 0.717) is 13.1 Å². The Bertz CT molecular complexity index is 1040. The Kier molecular flexibility index (Phi) is 6.59. The lowest BCUT2D eigenvalue weighted by Crippen LogP contribution is -2.36. The number of amides is 1. The van der Waals surface area contributed by atoms with Crippen molar-refractivity contribution >= 4 is 33.2 Å². The Hall–Kier alpha value is -2.30. The largest absolute Gasteiger partial charge is 0.418 e. The van der Waals surface area contributed by atoms with Crippen molar-refractivity contribution in [1.82, 2.24) is 9.73 Å². The first-order valence-electron chi connectivity index (χ1n) is 9.13. The van der Waals surface area contributed by atoms with Crippen LogP contribution in [0.1, 0.15) is 35.2 Å². The number of piperidine rings is 1. The standard InChI is InChI=1S/C19H19ClF3N3O3S/c20-15-9-8-13(12-17(15)30(28,29)26-10-4-1-5-11-26)18(27)25-24-16-7-3-2-6-14(16)19(21,22)23/h2-3,6-9,12,24H,1,4-5,10-11H2,(H,25,27). The number of carbonyl (C=O) groups is 1. The van der Waals surface area contributed by atoms with Crippen molar-refractivity contribution in [2.24, 2.45) is 0 Å². The molecular weight excluding hydrogens is 443 g/mol. The number of para-hydroxylation sites is 1. The van der Waals surface area contributed by atoms with Crippen molar-refractivity contribution in [2.45, 2.75) is 30.3 Å². The van der Waals surface area contributed by atoms with Gasteiger partial charge in [0.05, 0.1) is 16.3 Å². The minimum absolute atomic E-state index is 0.0347. The van der Waals surface area contributed by atoms with Gasteiger partial charge in [0.25, 0.3) is 5.91 Å². The quantitative estimate of drug-likeness (QED) is 0.651. The highest BCUT2D eigenvalue weighted by Gasteiger charge is 2.33. The second-order valence-corrected chi connectivity index (χ2v) is 9.05. The number of nitrogens with zero attached hydrogens (tertiary/aromatic N) is 1. The van der Waals surface area contributed by atoms with Crippen LogP contribution in [0.3, 0.4) is 0 Å². The molecule has 1 fully saturated rings. The Morgan fingerprint density at radius 3 is 2.37 bits per heavy atom. The molecule has 2 aromatic rings. The van der Waals surface area contributed by atoms with Crippen molar-refractivity contribution < 1.29 is 26.4 Å². The van der Waals surface area contributed by atoms with Crippen LogP contribution in [0.2, 0.25) is 5.02 Å². The predicted octanol–water partition coefficient (Wildman–Crippen LogP) is 4.29. The highest BCUT2D eigenvalue weighted by atomic mass is 35.5. The summed E-state index contributed by atoms with van der Waals surface area (Å²) < 4.78 is 66.3. The molecule has 1 heterocycles. The van der Waals surface area contributed by atoms with E-state index in [-0.39, 0.29) is 21.2 Å². The van der Waals surface area contributed by atoms with Gasteiger partial charge in [-0.25, -0.2) is 8.42 Å². The molecule has 0 spiro atoms. The molecule has 3 rings (SSSR count). The first-order valence-corrected chi connectivity index (χ1v) is 10.9. The van der Waals surface area contributed by atoms with Crippen LogP contribution in [-0.2, 0) is 16.2 Å². The average Bonchev–Trinajstić information content (AvgIpc) is 2.72. The molecule has 162 valence electrons. The number of sulfonamides is 1. The highest BCUT2D eigenvalue weighted by Crippen LogP contribution is 2.34. The number of hydrogen-bond acceptors (Lipinski definition) is 4. The molecule has 0 bridgehead atoms. The molecule has 1 aliphatic heterocycles. The van der Waals surface area contributed by atoms with E-state index in [0.717, 1.165) is 37.5 Å². The third kappa shape index (κ3) is 4.88. The number of carbonyl (C=O) groups excluding carboxylic acids is 1. The number of rotatable bonds is 5. The number of hydrazine groups is 1. The molecule has 6 nitrogen and oxygen atoms in total. The van der Waals surface area contributed by atoms with E-state index in [1.54, 1.807) is 0 Å². The fraction of sp³-hybridized carbons (Fsp3) is 0.316. The first-order chi connectivity index (χ1) is 14.1. The lowest BCUT2D eigenvalue weighted by molar-refractivity contribution is -0.137. The zero-order valence-electron chi connectivity index (χ0n) is 15.7. The molecule has 0 atom stereocenters. The second kappa shape index (κ2) is 8.83. The van der Waals surface area contributed by atoms with Gasteiger partial charge in [0.1, 0.15) is 4.90 Å². The SMILES string of the molecule is O=C(NNc1ccccc1C(F)(F)F)c1ccc(Cl)c(S(=O)(=O)N2CCCCC2)c1. The molecule has 2 aromatic carbocycles. The molecular formula is C19H19ClF3N3O3S. The Labute approximate surface area is 177 Å². The van der Waals surface area contributed by atoms with Gasteiger partial charge < -0.3 is 0 Å². The molecule has 0 unspecified atom stereocenters. The summed E-state index contributed by atoms with van der Waals surface area (Å²) >= 11 is 6.07. The molecule has 1 saturated heterocycles. The third-order valence-corrected chi connectivity index (χ3v) is 7.05. The number of anilines is 1. The van der Waals surface area contributed by atoms with Crippen LogP contribution in [0.25, 0.3) is 0 Å². The van der Waals surface area contributed by atoms with Gasteiger partial charge in [-0.3, -0.25) is 15.6 Å². The second-order valence-electron chi connectivity index (χ2n) is 6.73. The lowest BCUT2D eigenvalue weighted by atomic mass is 10.2. The van der Waals surface area contributed by atoms with Gasteiger partial charge >= 0.3 is 6.18 Å². The van der Waals surface area contributed by atoms with Crippen LogP contribution in [0.15, 0.2) is 47.4 Å². The number of hydrogen-bond donors (Lipinski definition) is 2. The highest BCUT2D eigenvalue weighted by molar-refractivity contribution is 7.89. The van der Waals surface area contributed by atoms with Crippen molar-refractivity contribution in [3.8, 4) is 0 Å². The molecule has 0 aromatic heterocycles. The fourth-order valence-electron chi connectivity index (χ4n) is 3.12. The maximum absolute atomic E-state index is 13.1. The van der Waals surface area contributed by atoms with Crippen LogP contribution < -0.4 is 10.9 Å². The monoisotopic (exact) mass is 461 g/mol. The molecule has 0 saturated carbocycles. The van der Waals surface area contributed by atoms with Gasteiger partial charge in [0.15, 0.2) is 0 Å². The van der Waals surface area contributed by atoms with Crippen LogP contribution >= 0.6 is 11.6 Å². The van der Waals surface area contributed by atoms with E-state index < -0.39 is 27.7 Å². The van der Waals surface area contributed by atoms with Crippen LogP contribution in [-0.4, -0.2) is 31.7 Å². The van der Waals surface area contributed by atoms with Crippen LogP contribution in [0, 0.1) is 0 Å². The van der Waals surface area contributed by atoms with Crippen molar-refractivity contribution in [3.05, 3.63) is 58.6 Å².